The van der Waals surface area contributed by atoms with Gasteiger partial charge in [0.05, 0.1) is 0 Å². The minimum Gasteiger partial charge on any atom is -0.550 e. The number of carboxylic acid groups (broad SMARTS) is 2. The van der Waals surface area contributed by atoms with Gasteiger partial charge in [-0.1, -0.05) is 12.8 Å². The summed E-state index contributed by atoms with van der Waals surface area (Å²) in [5.74, 6) is 0.544. The van der Waals surface area contributed by atoms with Gasteiger partial charge in [0.2, 0.25) is 0 Å². The summed E-state index contributed by atoms with van der Waals surface area (Å²) in [5.41, 5.74) is 0. The maximum atomic E-state index is 10.5. The zero-order chi connectivity index (χ0) is 14.3. The quantitative estimate of drug-likeness (QED) is 0.703. The summed E-state index contributed by atoms with van der Waals surface area (Å²) in [4.78, 5) is 21.0. The first kappa shape index (κ1) is 17.2. The van der Waals surface area contributed by atoms with Gasteiger partial charge < -0.3 is 19.8 Å². The Morgan fingerprint density at radius 2 is 1.05 bits per heavy atom. The molecule has 4 fully saturated rings. The van der Waals surface area contributed by atoms with Crippen LogP contribution in [0.5, 0.6) is 0 Å². The Hall–Kier alpha value is -0.177. The van der Waals surface area contributed by atoms with Gasteiger partial charge in [-0.2, -0.15) is 0 Å². The van der Waals surface area contributed by atoms with E-state index < -0.39 is 11.9 Å². The number of fused-ring (bicyclic) bond motifs is 4. The van der Waals surface area contributed by atoms with Gasteiger partial charge >= 0.3 is 26.2 Å². The van der Waals surface area contributed by atoms with E-state index in [2.05, 4.69) is 0 Å². The monoisotopic (exact) mass is 368 g/mol. The third kappa shape index (κ3) is 3.60. The molecule has 0 aromatic rings. The van der Waals surface area contributed by atoms with Gasteiger partial charge in [-0.25, -0.2) is 0 Å². The van der Waals surface area contributed by atoms with E-state index in [1.807, 2.05) is 0 Å². The van der Waals surface area contributed by atoms with Crippen molar-refractivity contribution in [1.82, 2.24) is 0 Å². The van der Waals surface area contributed by atoms with Gasteiger partial charge in [0.25, 0.3) is 0 Å². The molecule has 4 nitrogen and oxygen atoms in total. The van der Waals surface area contributed by atoms with Crippen molar-refractivity contribution in [3.8, 4) is 0 Å². The van der Waals surface area contributed by atoms with E-state index in [9.17, 15) is 19.8 Å². The van der Waals surface area contributed by atoms with E-state index in [-0.39, 0.29) is 38.0 Å². The van der Waals surface area contributed by atoms with Crippen LogP contribution in [0.2, 0.25) is 0 Å². The standard InChI is InChI=1S/2C8H12O2.Zr/c2*9-8(10)7-4-5-1-2-6(7)3-5;/h2*5-7H,1-4H2,(H,9,10);/q;;+2/p-2. The Balaban J connectivity index is 0.000000147. The summed E-state index contributed by atoms with van der Waals surface area (Å²) in [6.07, 6.45) is 8.87. The van der Waals surface area contributed by atoms with Gasteiger partial charge in [-0.3, -0.25) is 0 Å². The van der Waals surface area contributed by atoms with Crippen LogP contribution in [0.15, 0.2) is 0 Å². The third-order valence-corrected chi connectivity index (χ3v) is 6.08. The fourth-order valence-corrected chi connectivity index (χ4v) is 5.07. The van der Waals surface area contributed by atoms with E-state index in [1.165, 1.54) is 12.8 Å². The van der Waals surface area contributed by atoms with Crippen molar-refractivity contribution in [2.24, 2.45) is 35.5 Å². The van der Waals surface area contributed by atoms with Crippen LogP contribution in [0.4, 0.5) is 0 Å². The topological polar surface area (TPSA) is 80.3 Å². The molecule has 0 N–H and O–H groups in total. The van der Waals surface area contributed by atoms with E-state index >= 15 is 0 Å². The Morgan fingerprint density at radius 3 is 1.19 bits per heavy atom. The number of aliphatic carboxylic acids is 2. The van der Waals surface area contributed by atoms with Gasteiger partial charge in [0.15, 0.2) is 0 Å². The fraction of sp³-hybridized carbons (Fsp3) is 0.875. The summed E-state index contributed by atoms with van der Waals surface area (Å²) in [6, 6.07) is 0. The number of hydrogen-bond acceptors (Lipinski definition) is 4. The molecule has 4 aliphatic carbocycles. The first-order valence-corrected chi connectivity index (χ1v) is 7.96. The van der Waals surface area contributed by atoms with Crippen LogP contribution in [0, 0.1) is 35.5 Å². The van der Waals surface area contributed by atoms with Crippen molar-refractivity contribution in [3.05, 3.63) is 0 Å². The van der Waals surface area contributed by atoms with Crippen molar-refractivity contribution in [2.45, 2.75) is 51.4 Å². The first-order chi connectivity index (χ1) is 9.54. The maximum Gasteiger partial charge on any atom is 2.00 e. The predicted octanol–water partition coefficient (Wildman–Crippen LogP) is 0.342. The van der Waals surface area contributed by atoms with Crippen LogP contribution in [-0.4, -0.2) is 11.9 Å². The summed E-state index contributed by atoms with van der Waals surface area (Å²) in [6.45, 7) is 0. The fourth-order valence-electron chi connectivity index (χ4n) is 5.07. The molecule has 4 saturated carbocycles. The number of rotatable bonds is 2. The molecular formula is C16H22O4Zr. The van der Waals surface area contributed by atoms with Crippen LogP contribution in [0.3, 0.4) is 0 Å². The third-order valence-electron chi connectivity index (χ3n) is 6.08. The minimum absolute atomic E-state index is 0. The van der Waals surface area contributed by atoms with Gasteiger partial charge in [-0.05, 0) is 62.2 Å². The van der Waals surface area contributed by atoms with Gasteiger partial charge in [-0.15, -0.1) is 0 Å². The van der Waals surface area contributed by atoms with E-state index in [4.69, 9.17) is 0 Å². The minimum atomic E-state index is -0.813. The average molecular weight is 370 g/mol. The number of carbonyl (C=O) groups is 2. The second-order valence-corrected chi connectivity index (χ2v) is 7.20. The SMILES string of the molecule is O=C([O-])C1CC2CCC1C2.O=C([O-])C1CC2CCC1C2.[Zr+2]. The number of hydrogen-bond donors (Lipinski definition) is 0. The summed E-state index contributed by atoms with van der Waals surface area (Å²) in [5, 5.41) is 21.0. The Morgan fingerprint density at radius 1 is 0.667 bits per heavy atom. The molecule has 4 aliphatic rings. The molecule has 21 heavy (non-hydrogen) atoms. The second kappa shape index (κ2) is 6.94. The molecule has 0 spiro atoms. The summed E-state index contributed by atoms with van der Waals surface area (Å²) in [7, 11) is 0. The predicted molar refractivity (Wildman–Crippen MR) is 67.9 cm³/mol. The molecule has 0 aromatic heterocycles. The zero-order valence-electron chi connectivity index (χ0n) is 12.3. The Bertz CT molecular complexity index is 373. The largest absolute Gasteiger partial charge is 2.00 e. The molecule has 0 saturated heterocycles. The van der Waals surface area contributed by atoms with E-state index in [0.29, 0.717) is 23.7 Å². The van der Waals surface area contributed by atoms with Crippen molar-refractivity contribution in [1.29, 1.82) is 0 Å². The smallest absolute Gasteiger partial charge is 0.550 e. The van der Waals surface area contributed by atoms with E-state index in [0.717, 1.165) is 38.5 Å². The molecule has 0 amide bonds. The summed E-state index contributed by atoms with van der Waals surface area (Å²) < 4.78 is 0. The second-order valence-electron chi connectivity index (χ2n) is 7.20. The molecule has 5 heteroatoms. The van der Waals surface area contributed by atoms with Crippen molar-refractivity contribution >= 4 is 11.9 Å². The molecule has 0 radical (unpaired) electrons. The maximum absolute atomic E-state index is 10.5. The summed E-state index contributed by atoms with van der Waals surface area (Å²) >= 11 is 0. The van der Waals surface area contributed by atoms with Crippen molar-refractivity contribution < 1.29 is 46.0 Å². The van der Waals surface area contributed by atoms with Crippen LogP contribution in [0.25, 0.3) is 0 Å². The van der Waals surface area contributed by atoms with Crippen LogP contribution < -0.4 is 10.2 Å². The average Bonchev–Trinajstić information content (AvgIpc) is 3.18. The van der Waals surface area contributed by atoms with E-state index in [1.54, 1.807) is 0 Å². The molecule has 0 heterocycles. The number of carboxylic acids is 2. The molecule has 6 atom stereocenters. The normalized spacial score (nSPS) is 42.1. The van der Waals surface area contributed by atoms with Crippen LogP contribution in [0.1, 0.15) is 51.4 Å². The Labute approximate surface area is 144 Å². The van der Waals surface area contributed by atoms with Crippen LogP contribution in [-0.2, 0) is 35.8 Å². The Kier molecular flexibility index (Phi) is 5.67. The van der Waals surface area contributed by atoms with Crippen molar-refractivity contribution in [3.63, 3.8) is 0 Å². The molecular weight excluding hydrogens is 347 g/mol. The molecule has 0 aliphatic heterocycles. The van der Waals surface area contributed by atoms with Crippen LogP contribution >= 0.6 is 0 Å². The van der Waals surface area contributed by atoms with Gasteiger partial charge in [0.1, 0.15) is 0 Å². The first-order valence-electron chi connectivity index (χ1n) is 7.96. The zero-order valence-corrected chi connectivity index (χ0v) is 14.7. The molecule has 4 rings (SSSR count). The number of carbonyl (C=O) groups excluding carboxylic acids is 2. The van der Waals surface area contributed by atoms with Gasteiger partial charge in [0, 0.05) is 23.8 Å². The molecule has 4 bridgehead atoms. The molecule has 6 unspecified atom stereocenters. The van der Waals surface area contributed by atoms with Crippen molar-refractivity contribution in [2.75, 3.05) is 0 Å². The molecule has 114 valence electrons. The molecule has 0 aromatic carbocycles.